The lowest BCUT2D eigenvalue weighted by Gasteiger charge is -2.05. The lowest BCUT2D eigenvalue weighted by atomic mass is 10.3. The van der Waals surface area contributed by atoms with Gasteiger partial charge < -0.3 is 10.4 Å². The number of amides is 1. The molecule has 0 aliphatic heterocycles. The number of hydrogen-bond donors (Lipinski definition) is 2. The summed E-state index contributed by atoms with van der Waals surface area (Å²) >= 11 is 3.80. The summed E-state index contributed by atoms with van der Waals surface area (Å²) in [6.07, 6.45) is -0.354. The van der Waals surface area contributed by atoms with Crippen LogP contribution in [0.5, 0.6) is 0 Å². The molecule has 0 aromatic heterocycles. The molecule has 0 fully saturated rings. The lowest BCUT2D eigenvalue weighted by Crippen LogP contribution is -2.28. The van der Waals surface area contributed by atoms with Gasteiger partial charge in [-0.2, -0.15) is 0 Å². The maximum absolute atomic E-state index is 10.9. The highest BCUT2D eigenvalue weighted by molar-refractivity contribution is 14.1. The molecule has 1 radical (unpaired) electrons. The minimum atomic E-state index is -0.547. The Morgan fingerprint density at radius 2 is 2.50 bits per heavy atom. The third kappa shape index (κ3) is 8.67. The van der Waals surface area contributed by atoms with E-state index in [0.29, 0.717) is 6.54 Å². The van der Waals surface area contributed by atoms with E-state index in [1.54, 1.807) is 18.5 Å². The predicted molar refractivity (Wildman–Crippen MR) is 61.5 cm³/mol. The first kappa shape index (κ1) is 12.6. The summed E-state index contributed by atoms with van der Waals surface area (Å²) in [6, 6.07) is 0. The molecule has 0 aliphatic rings. The van der Waals surface area contributed by atoms with Crippen molar-refractivity contribution in [3.8, 4) is 0 Å². The SMILES string of the molecule is C[C@@H](O)CC(=O)NCCS[B]I. The van der Waals surface area contributed by atoms with Gasteiger partial charge in [0, 0.05) is 12.3 Å². The van der Waals surface area contributed by atoms with Gasteiger partial charge in [0.05, 0.1) is 12.5 Å². The molecular weight excluding hydrogens is 288 g/mol. The van der Waals surface area contributed by atoms with E-state index in [0.717, 1.165) is 5.75 Å². The molecule has 1 amide bonds. The van der Waals surface area contributed by atoms with Gasteiger partial charge in [0.25, 0.3) is 4.41 Å². The Morgan fingerprint density at radius 3 is 3.00 bits per heavy atom. The van der Waals surface area contributed by atoms with E-state index in [9.17, 15) is 4.79 Å². The molecule has 69 valence electrons. The van der Waals surface area contributed by atoms with Crippen LogP contribution in [0.2, 0.25) is 0 Å². The van der Waals surface area contributed by atoms with E-state index in [1.807, 2.05) is 4.41 Å². The van der Waals surface area contributed by atoms with Crippen LogP contribution in [0.15, 0.2) is 0 Å². The summed E-state index contributed by atoms with van der Waals surface area (Å²) in [5.74, 6) is 0.799. The Morgan fingerprint density at radius 1 is 1.83 bits per heavy atom. The molecule has 6 heteroatoms. The fraction of sp³-hybridized carbons (Fsp3) is 0.833. The van der Waals surface area contributed by atoms with Gasteiger partial charge in [0.2, 0.25) is 5.91 Å². The summed E-state index contributed by atoms with van der Waals surface area (Å²) in [5.41, 5.74) is 0. The molecule has 0 aromatic rings. The summed E-state index contributed by atoms with van der Waals surface area (Å²) in [4.78, 5) is 10.9. The Hall–Kier alpha value is 0.575. The van der Waals surface area contributed by atoms with Crippen molar-refractivity contribution < 1.29 is 9.90 Å². The van der Waals surface area contributed by atoms with Crippen molar-refractivity contribution in [3.05, 3.63) is 0 Å². The maximum Gasteiger partial charge on any atom is 0.275 e. The van der Waals surface area contributed by atoms with Gasteiger partial charge in [-0.1, -0.05) is 0 Å². The predicted octanol–water partition coefficient (Wildman–Crippen LogP) is 0.576. The quantitative estimate of drug-likeness (QED) is 0.428. The molecule has 12 heavy (non-hydrogen) atoms. The largest absolute Gasteiger partial charge is 0.393 e. The van der Waals surface area contributed by atoms with Gasteiger partial charge in [0.1, 0.15) is 0 Å². The van der Waals surface area contributed by atoms with E-state index >= 15 is 0 Å². The van der Waals surface area contributed by atoms with Crippen molar-refractivity contribution in [1.29, 1.82) is 0 Å². The van der Waals surface area contributed by atoms with Gasteiger partial charge in [-0.3, -0.25) is 4.79 Å². The van der Waals surface area contributed by atoms with Crippen LogP contribution in [0.3, 0.4) is 0 Å². The average molecular weight is 300 g/mol. The van der Waals surface area contributed by atoms with E-state index in [1.165, 1.54) is 0 Å². The van der Waals surface area contributed by atoms with Gasteiger partial charge >= 0.3 is 0 Å². The van der Waals surface area contributed by atoms with Crippen LogP contribution < -0.4 is 5.32 Å². The molecule has 0 heterocycles. The van der Waals surface area contributed by atoms with E-state index in [2.05, 4.69) is 27.7 Å². The monoisotopic (exact) mass is 300 g/mol. The van der Waals surface area contributed by atoms with Gasteiger partial charge in [0.15, 0.2) is 0 Å². The highest BCUT2D eigenvalue weighted by atomic mass is 127. The smallest absolute Gasteiger partial charge is 0.275 e. The van der Waals surface area contributed by atoms with E-state index < -0.39 is 6.10 Å². The minimum absolute atomic E-state index is 0.0842. The Kier molecular flexibility index (Phi) is 8.58. The molecule has 3 nitrogen and oxygen atoms in total. The van der Waals surface area contributed by atoms with Gasteiger partial charge in [-0.15, -0.1) is 22.4 Å². The zero-order chi connectivity index (χ0) is 9.40. The number of hydrogen-bond acceptors (Lipinski definition) is 3. The number of rotatable bonds is 6. The van der Waals surface area contributed by atoms with E-state index in [4.69, 9.17) is 5.11 Å². The zero-order valence-electron chi connectivity index (χ0n) is 6.92. The number of halogens is 1. The summed E-state index contributed by atoms with van der Waals surface area (Å²) < 4.78 is 1.96. The van der Waals surface area contributed by atoms with Gasteiger partial charge in [-0.05, 0) is 6.92 Å². The zero-order valence-corrected chi connectivity index (χ0v) is 9.89. The van der Waals surface area contributed by atoms with Gasteiger partial charge in [-0.25, -0.2) is 11.6 Å². The van der Waals surface area contributed by atoms with E-state index in [-0.39, 0.29) is 12.3 Å². The molecule has 2 N–H and O–H groups in total. The first-order chi connectivity index (χ1) is 5.66. The molecular formula is C6H12BINO2S. The molecule has 0 spiro atoms. The van der Waals surface area contributed by atoms with Crippen LogP contribution in [0.25, 0.3) is 0 Å². The third-order valence-electron chi connectivity index (χ3n) is 1.09. The first-order valence-corrected chi connectivity index (χ1v) is 5.94. The standard InChI is InChI=1S/C6H12BINO2S/c1-5(10)4-6(11)9-2-3-12-7-8/h5,10H,2-4H2,1H3,(H,9,11)/t5-/m1/s1. The Balaban J connectivity index is 3.20. The van der Waals surface area contributed by atoms with Crippen molar-refractivity contribution in [2.24, 2.45) is 0 Å². The topological polar surface area (TPSA) is 49.3 Å². The van der Waals surface area contributed by atoms with Crippen molar-refractivity contribution >= 4 is 44.3 Å². The molecule has 0 unspecified atom stereocenters. The number of aliphatic hydroxyl groups is 1. The van der Waals surface area contributed by atoms with Crippen LogP contribution in [0, 0.1) is 0 Å². The second-order valence-electron chi connectivity index (χ2n) is 2.36. The summed E-state index contributed by atoms with van der Waals surface area (Å²) in [5, 5.41) is 11.6. The van der Waals surface area contributed by atoms with Crippen LogP contribution in [0.1, 0.15) is 13.3 Å². The van der Waals surface area contributed by atoms with Crippen LogP contribution >= 0.6 is 34.0 Å². The third-order valence-corrected chi connectivity index (χ3v) is 2.73. The fourth-order valence-corrected chi connectivity index (χ4v) is 1.71. The summed E-state index contributed by atoms with van der Waals surface area (Å²) in [7, 11) is 0. The average Bonchev–Trinajstić information content (AvgIpc) is 1.97. The molecule has 1 atom stereocenters. The molecule has 0 bridgehead atoms. The molecule has 0 aromatic carbocycles. The first-order valence-electron chi connectivity index (χ1n) is 3.65. The summed E-state index contributed by atoms with van der Waals surface area (Å²) in [6.45, 7) is 2.27. The van der Waals surface area contributed by atoms with Crippen LogP contribution in [-0.4, -0.2) is 33.8 Å². The Labute approximate surface area is 91.1 Å². The number of aliphatic hydroxyl groups excluding tert-OH is 1. The molecule has 0 saturated heterocycles. The number of nitrogens with one attached hydrogen (secondary N) is 1. The molecule has 0 rings (SSSR count). The fourth-order valence-electron chi connectivity index (χ4n) is 0.634. The van der Waals surface area contributed by atoms with Crippen molar-refractivity contribution in [2.75, 3.05) is 12.3 Å². The highest BCUT2D eigenvalue weighted by Gasteiger charge is 2.03. The molecule has 0 saturated carbocycles. The number of carbonyl (C=O) groups excluding carboxylic acids is 1. The van der Waals surface area contributed by atoms with Crippen molar-refractivity contribution in [1.82, 2.24) is 5.32 Å². The Bertz CT molecular complexity index is 137. The lowest BCUT2D eigenvalue weighted by molar-refractivity contribution is -0.122. The second kappa shape index (κ2) is 8.19. The second-order valence-corrected chi connectivity index (χ2v) is 4.81. The van der Waals surface area contributed by atoms with Crippen LogP contribution in [0.4, 0.5) is 0 Å². The number of carbonyl (C=O) groups is 1. The normalized spacial score (nSPS) is 12.2. The molecule has 0 aliphatic carbocycles. The van der Waals surface area contributed by atoms with Crippen molar-refractivity contribution in [2.45, 2.75) is 19.4 Å². The van der Waals surface area contributed by atoms with Crippen molar-refractivity contribution in [3.63, 3.8) is 0 Å². The minimum Gasteiger partial charge on any atom is -0.393 e. The highest BCUT2D eigenvalue weighted by Crippen LogP contribution is 1.99. The maximum atomic E-state index is 10.9. The van der Waals surface area contributed by atoms with Crippen LogP contribution in [-0.2, 0) is 4.79 Å².